The number of nitrogen functional groups attached to an aromatic ring is 1. The van der Waals surface area contributed by atoms with Crippen molar-refractivity contribution in [1.29, 1.82) is 0 Å². The van der Waals surface area contributed by atoms with Crippen LogP contribution in [0, 0.1) is 0 Å². The van der Waals surface area contributed by atoms with Crippen molar-refractivity contribution in [1.82, 2.24) is 5.32 Å². The topological polar surface area (TPSA) is 116 Å². The number of hydrogen-bond acceptors (Lipinski definition) is 4. The van der Waals surface area contributed by atoms with Crippen LogP contribution < -0.4 is 21.7 Å². The SMILES string of the molecule is Nc1ccccc1NC(=O)c1ccc2c(c1)CCC2NC(=O)Nc1ccccc1O. The number of urea groups is 1. The van der Waals surface area contributed by atoms with Crippen molar-refractivity contribution in [2.45, 2.75) is 18.9 Å². The standard InChI is InChI=1S/C23H22N4O3/c24-17-5-1-2-6-19(17)25-22(29)15-9-11-16-14(13-15)10-12-18(16)26-23(30)27-20-7-3-4-8-21(20)28/h1-9,11,13,18,28H,10,12,24H2,(H,25,29)(H2,26,27,30). The molecule has 3 aromatic carbocycles. The van der Waals surface area contributed by atoms with Crippen molar-refractivity contribution in [3.8, 4) is 5.75 Å². The van der Waals surface area contributed by atoms with Gasteiger partial charge in [0.25, 0.3) is 5.91 Å². The van der Waals surface area contributed by atoms with Gasteiger partial charge in [-0.15, -0.1) is 0 Å². The van der Waals surface area contributed by atoms with E-state index in [1.165, 1.54) is 6.07 Å². The molecule has 7 heteroatoms. The maximum atomic E-state index is 12.6. The molecule has 3 amide bonds. The Kier molecular flexibility index (Phi) is 5.26. The average molecular weight is 402 g/mol. The first-order valence-electron chi connectivity index (χ1n) is 9.65. The van der Waals surface area contributed by atoms with Crippen LogP contribution in [0.25, 0.3) is 0 Å². The first-order valence-corrected chi connectivity index (χ1v) is 9.65. The van der Waals surface area contributed by atoms with Crippen LogP contribution in [-0.2, 0) is 6.42 Å². The van der Waals surface area contributed by atoms with E-state index in [1.807, 2.05) is 24.3 Å². The minimum absolute atomic E-state index is 0.00850. The second-order valence-corrected chi connectivity index (χ2v) is 7.16. The molecule has 0 radical (unpaired) electrons. The molecule has 1 aliphatic carbocycles. The summed E-state index contributed by atoms with van der Waals surface area (Å²) in [6.45, 7) is 0. The first kappa shape index (κ1) is 19.3. The summed E-state index contributed by atoms with van der Waals surface area (Å²) in [6.07, 6.45) is 1.49. The Morgan fingerprint density at radius 1 is 0.933 bits per heavy atom. The zero-order valence-corrected chi connectivity index (χ0v) is 16.2. The number of phenolic OH excluding ortho intramolecular Hbond substituents is 1. The fraction of sp³-hybridized carbons (Fsp3) is 0.130. The Morgan fingerprint density at radius 2 is 1.67 bits per heavy atom. The van der Waals surface area contributed by atoms with Gasteiger partial charge in [-0.05, 0) is 60.4 Å². The smallest absolute Gasteiger partial charge is 0.319 e. The second-order valence-electron chi connectivity index (χ2n) is 7.16. The van der Waals surface area contributed by atoms with E-state index in [9.17, 15) is 14.7 Å². The zero-order chi connectivity index (χ0) is 21.1. The molecule has 6 N–H and O–H groups in total. The van der Waals surface area contributed by atoms with E-state index >= 15 is 0 Å². The van der Waals surface area contributed by atoms with Crippen molar-refractivity contribution in [3.63, 3.8) is 0 Å². The number of aromatic hydroxyl groups is 1. The molecule has 152 valence electrons. The number of benzene rings is 3. The van der Waals surface area contributed by atoms with Crippen LogP contribution in [0.3, 0.4) is 0 Å². The van der Waals surface area contributed by atoms with Gasteiger partial charge in [-0.3, -0.25) is 4.79 Å². The van der Waals surface area contributed by atoms with Crippen LogP contribution in [0.2, 0.25) is 0 Å². The molecule has 4 rings (SSSR count). The highest BCUT2D eigenvalue weighted by Gasteiger charge is 2.25. The largest absolute Gasteiger partial charge is 0.506 e. The summed E-state index contributed by atoms with van der Waals surface area (Å²) in [5.41, 5.74) is 9.86. The minimum Gasteiger partial charge on any atom is -0.506 e. The molecule has 0 saturated heterocycles. The lowest BCUT2D eigenvalue weighted by molar-refractivity contribution is 0.102. The van der Waals surface area contributed by atoms with Gasteiger partial charge >= 0.3 is 6.03 Å². The van der Waals surface area contributed by atoms with Crippen LogP contribution >= 0.6 is 0 Å². The molecule has 1 aliphatic rings. The quantitative estimate of drug-likeness (QED) is 0.334. The lowest BCUT2D eigenvalue weighted by atomic mass is 10.0. The van der Waals surface area contributed by atoms with E-state index in [2.05, 4.69) is 16.0 Å². The van der Waals surface area contributed by atoms with Gasteiger partial charge in [0, 0.05) is 5.56 Å². The minimum atomic E-state index is -0.393. The number of hydrogen-bond donors (Lipinski definition) is 5. The van der Waals surface area contributed by atoms with Crippen LogP contribution in [0.4, 0.5) is 21.9 Å². The van der Waals surface area contributed by atoms with Gasteiger partial charge in [0.15, 0.2) is 0 Å². The number of carbonyl (C=O) groups excluding carboxylic acids is 2. The van der Waals surface area contributed by atoms with Crippen LogP contribution in [0.1, 0.15) is 33.9 Å². The third kappa shape index (κ3) is 4.05. The van der Waals surface area contributed by atoms with E-state index in [0.717, 1.165) is 24.0 Å². The summed E-state index contributed by atoms with van der Waals surface area (Å²) in [5, 5.41) is 18.2. The predicted molar refractivity (Wildman–Crippen MR) is 117 cm³/mol. The maximum Gasteiger partial charge on any atom is 0.319 e. The molecular formula is C23H22N4O3. The number of aryl methyl sites for hydroxylation is 1. The fourth-order valence-electron chi connectivity index (χ4n) is 3.61. The van der Waals surface area contributed by atoms with Crippen LogP contribution in [0.5, 0.6) is 5.75 Å². The normalized spacial score (nSPS) is 14.6. The second kappa shape index (κ2) is 8.16. The molecule has 0 fully saturated rings. The number of nitrogens with two attached hydrogens (primary N) is 1. The Morgan fingerprint density at radius 3 is 2.43 bits per heavy atom. The van der Waals surface area contributed by atoms with Crippen molar-refractivity contribution < 1.29 is 14.7 Å². The first-order chi connectivity index (χ1) is 14.5. The number of amides is 3. The summed E-state index contributed by atoms with van der Waals surface area (Å²) in [4.78, 5) is 24.9. The van der Waals surface area contributed by atoms with E-state index in [0.29, 0.717) is 22.6 Å². The number of phenols is 1. The number of rotatable bonds is 4. The molecule has 30 heavy (non-hydrogen) atoms. The van der Waals surface area contributed by atoms with Crippen LogP contribution in [0.15, 0.2) is 66.7 Å². The van der Waals surface area contributed by atoms with Crippen molar-refractivity contribution >= 4 is 29.0 Å². The Balaban J connectivity index is 1.43. The monoisotopic (exact) mass is 402 g/mol. The van der Waals surface area contributed by atoms with Gasteiger partial charge in [0.1, 0.15) is 5.75 Å². The lowest BCUT2D eigenvalue weighted by Gasteiger charge is -2.16. The molecule has 0 heterocycles. The van der Waals surface area contributed by atoms with Gasteiger partial charge in [-0.25, -0.2) is 4.79 Å². The third-order valence-corrected chi connectivity index (χ3v) is 5.15. The molecule has 0 spiro atoms. The molecule has 1 atom stereocenters. The number of anilines is 3. The number of nitrogens with one attached hydrogen (secondary N) is 3. The van der Waals surface area contributed by atoms with Gasteiger partial charge in [0.2, 0.25) is 0 Å². The molecule has 3 aromatic rings. The maximum absolute atomic E-state index is 12.6. The summed E-state index contributed by atoms with van der Waals surface area (Å²) in [5.74, 6) is -0.224. The van der Waals surface area contributed by atoms with E-state index in [1.54, 1.807) is 36.4 Å². The average Bonchev–Trinajstić information content (AvgIpc) is 3.13. The number of carbonyl (C=O) groups is 2. The molecule has 0 bridgehead atoms. The molecule has 7 nitrogen and oxygen atoms in total. The zero-order valence-electron chi connectivity index (χ0n) is 16.2. The third-order valence-electron chi connectivity index (χ3n) is 5.15. The van der Waals surface area contributed by atoms with Crippen molar-refractivity contribution in [3.05, 3.63) is 83.4 Å². The van der Waals surface area contributed by atoms with Gasteiger partial charge in [0.05, 0.1) is 23.1 Å². The fourth-order valence-corrected chi connectivity index (χ4v) is 3.61. The van der Waals surface area contributed by atoms with Crippen molar-refractivity contribution in [2.24, 2.45) is 0 Å². The lowest BCUT2D eigenvalue weighted by Crippen LogP contribution is -2.31. The molecular weight excluding hydrogens is 380 g/mol. The van der Waals surface area contributed by atoms with Gasteiger partial charge in [-0.2, -0.15) is 0 Å². The Labute approximate surface area is 173 Å². The molecule has 0 aromatic heterocycles. The van der Waals surface area contributed by atoms with Gasteiger partial charge in [-0.1, -0.05) is 30.3 Å². The van der Waals surface area contributed by atoms with Crippen LogP contribution in [-0.4, -0.2) is 17.0 Å². The molecule has 1 unspecified atom stereocenters. The summed E-state index contributed by atoms with van der Waals surface area (Å²) in [7, 11) is 0. The number of fused-ring (bicyclic) bond motifs is 1. The van der Waals surface area contributed by atoms with E-state index in [4.69, 9.17) is 5.73 Å². The Bertz CT molecular complexity index is 1110. The highest BCUT2D eigenvalue weighted by molar-refractivity contribution is 6.06. The van der Waals surface area contributed by atoms with E-state index in [-0.39, 0.29) is 17.7 Å². The molecule has 0 saturated carbocycles. The highest BCUT2D eigenvalue weighted by Crippen LogP contribution is 2.32. The predicted octanol–water partition coefficient (Wildman–Crippen LogP) is 4.04. The van der Waals surface area contributed by atoms with Gasteiger partial charge < -0.3 is 26.8 Å². The Hall–Kier alpha value is -4.00. The van der Waals surface area contributed by atoms with Crippen molar-refractivity contribution in [2.75, 3.05) is 16.4 Å². The van der Waals surface area contributed by atoms with E-state index < -0.39 is 6.03 Å². The summed E-state index contributed by atoms with van der Waals surface area (Å²) in [6, 6.07) is 18.6. The molecule has 0 aliphatic heterocycles. The number of para-hydroxylation sites is 4. The summed E-state index contributed by atoms with van der Waals surface area (Å²) < 4.78 is 0. The summed E-state index contributed by atoms with van der Waals surface area (Å²) >= 11 is 0. The highest BCUT2D eigenvalue weighted by atomic mass is 16.3.